The number of piperazine rings is 1. The van der Waals surface area contributed by atoms with Crippen molar-refractivity contribution in [2.45, 2.75) is 43.3 Å². The van der Waals surface area contributed by atoms with E-state index in [2.05, 4.69) is 47.2 Å². The molecule has 1 aromatic carbocycles. The van der Waals surface area contributed by atoms with Crippen LogP contribution in [0.4, 0.5) is 0 Å². The van der Waals surface area contributed by atoms with Crippen molar-refractivity contribution in [1.29, 1.82) is 0 Å². The molecule has 0 aliphatic carbocycles. The van der Waals surface area contributed by atoms with Crippen LogP contribution in [0.5, 0.6) is 0 Å². The van der Waals surface area contributed by atoms with Gasteiger partial charge < -0.3 is 0 Å². The van der Waals surface area contributed by atoms with Gasteiger partial charge in [0.1, 0.15) is 0 Å². The fraction of sp³-hybridized carbons (Fsp3) is 0.625. The molecule has 2 nitrogen and oxygen atoms in total. The van der Waals surface area contributed by atoms with E-state index in [0.717, 1.165) is 12.6 Å². The van der Waals surface area contributed by atoms with Crippen LogP contribution in [0.25, 0.3) is 0 Å². The fourth-order valence-corrected chi connectivity index (χ4v) is 3.98. The van der Waals surface area contributed by atoms with Crippen LogP contribution in [0.15, 0.2) is 29.2 Å². The summed E-state index contributed by atoms with van der Waals surface area (Å²) in [6.45, 7) is 7.34. The molecule has 104 valence electrons. The molecule has 0 amide bonds. The Morgan fingerprint density at radius 3 is 2.68 bits per heavy atom. The Kier molecular flexibility index (Phi) is 4.15. The lowest BCUT2D eigenvalue weighted by Crippen LogP contribution is -2.55. The zero-order chi connectivity index (χ0) is 13.2. The highest BCUT2D eigenvalue weighted by molar-refractivity contribution is 7.98. The molecule has 0 bridgehead atoms. The highest BCUT2D eigenvalue weighted by Gasteiger charge is 2.36. The minimum Gasteiger partial charge on any atom is -0.298 e. The van der Waals surface area contributed by atoms with E-state index in [9.17, 15) is 0 Å². The predicted octanol–water partition coefficient (Wildman–Crippen LogP) is 3.08. The van der Waals surface area contributed by atoms with Gasteiger partial charge in [0.25, 0.3) is 0 Å². The van der Waals surface area contributed by atoms with Crippen molar-refractivity contribution in [2.24, 2.45) is 0 Å². The number of fused-ring (bicyclic) bond motifs is 1. The number of nitrogens with zero attached hydrogens (tertiary/aromatic N) is 2. The number of hydrogen-bond donors (Lipinski definition) is 0. The van der Waals surface area contributed by atoms with E-state index in [1.54, 1.807) is 0 Å². The van der Waals surface area contributed by atoms with Gasteiger partial charge in [0.2, 0.25) is 0 Å². The van der Waals surface area contributed by atoms with E-state index in [4.69, 9.17) is 0 Å². The Labute approximate surface area is 121 Å². The van der Waals surface area contributed by atoms with Crippen molar-refractivity contribution >= 4 is 11.8 Å². The molecule has 2 heterocycles. The van der Waals surface area contributed by atoms with Crippen molar-refractivity contribution < 1.29 is 0 Å². The van der Waals surface area contributed by atoms with Crippen LogP contribution in [0, 0.1) is 0 Å². The first-order valence-corrected chi connectivity index (χ1v) is 8.61. The summed E-state index contributed by atoms with van der Waals surface area (Å²) in [5.41, 5.74) is 1.45. The van der Waals surface area contributed by atoms with Gasteiger partial charge in [-0.1, -0.05) is 12.1 Å². The topological polar surface area (TPSA) is 6.48 Å². The number of benzene rings is 1. The molecule has 2 atom stereocenters. The lowest BCUT2D eigenvalue weighted by molar-refractivity contribution is 0.0470. The smallest absolute Gasteiger partial charge is 0.0250 e. The molecule has 19 heavy (non-hydrogen) atoms. The Hall–Kier alpha value is -0.510. The van der Waals surface area contributed by atoms with E-state index in [0.29, 0.717) is 6.04 Å². The van der Waals surface area contributed by atoms with E-state index in [1.165, 1.54) is 42.9 Å². The average Bonchev–Trinajstić information content (AvgIpc) is 2.92. The SMILES string of the molecule is CSc1ccc(CN2CCN3CCC[C@@H]3[C@H]2C)cc1. The molecule has 2 saturated heterocycles. The van der Waals surface area contributed by atoms with Crippen LogP contribution in [-0.2, 0) is 6.54 Å². The van der Waals surface area contributed by atoms with Crippen LogP contribution in [0.1, 0.15) is 25.3 Å². The van der Waals surface area contributed by atoms with E-state index in [-0.39, 0.29) is 0 Å². The van der Waals surface area contributed by atoms with Gasteiger partial charge >= 0.3 is 0 Å². The summed E-state index contributed by atoms with van der Waals surface area (Å²) >= 11 is 1.82. The summed E-state index contributed by atoms with van der Waals surface area (Å²) in [6.07, 6.45) is 4.92. The molecular formula is C16H24N2S. The van der Waals surface area contributed by atoms with Crippen LogP contribution in [0.3, 0.4) is 0 Å². The van der Waals surface area contributed by atoms with Gasteiger partial charge in [0.05, 0.1) is 0 Å². The second kappa shape index (κ2) is 5.86. The molecule has 2 aliphatic rings. The quantitative estimate of drug-likeness (QED) is 0.783. The van der Waals surface area contributed by atoms with Gasteiger partial charge in [0.15, 0.2) is 0 Å². The van der Waals surface area contributed by atoms with Crippen molar-refractivity contribution in [3.05, 3.63) is 29.8 Å². The largest absolute Gasteiger partial charge is 0.298 e. The Morgan fingerprint density at radius 1 is 1.16 bits per heavy atom. The maximum Gasteiger partial charge on any atom is 0.0250 e. The first-order chi connectivity index (χ1) is 9.28. The lowest BCUT2D eigenvalue weighted by atomic mass is 10.0. The van der Waals surface area contributed by atoms with Crippen LogP contribution < -0.4 is 0 Å². The van der Waals surface area contributed by atoms with E-state index < -0.39 is 0 Å². The summed E-state index contributed by atoms with van der Waals surface area (Å²) in [6, 6.07) is 10.6. The zero-order valence-corrected chi connectivity index (χ0v) is 12.8. The molecular weight excluding hydrogens is 252 g/mol. The minimum absolute atomic E-state index is 0.705. The first kappa shape index (κ1) is 13.5. The van der Waals surface area contributed by atoms with Crippen LogP contribution in [0.2, 0.25) is 0 Å². The molecule has 0 N–H and O–H groups in total. The zero-order valence-electron chi connectivity index (χ0n) is 12.0. The molecule has 0 radical (unpaired) electrons. The maximum absolute atomic E-state index is 2.69. The van der Waals surface area contributed by atoms with Crippen molar-refractivity contribution in [2.75, 3.05) is 25.9 Å². The summed E-state index contributed by atoms with van der Waals surface area (Å²) in [7, 11) is 0. The van der Waals surface area contributed by atoms with Gasteiger partial charge in [-0.15, -0.1) is 11.8 Å². The Morgan fingerprint density at radius 2 is 1.95 bits per heavy atom. The Balaban J connectivity index is 1.65. The van der Waals surface area contributed by atoms with Crippen LogP contribution >= 0.6 is 11.8 Å². The molecule has 0 unspecified atom stereocenters. The third-order valence-corrected chi connectivity index (χ3v) is 5.51. The predicted molar refractivity (Wildman–Crippen MR) is 82.7 cm³/mol. The fourth-order valence-electron chi connectivity index (χ4n) is 3.57. The molecule has 0 saturated carbocycles. The number of hydrogen-bond acceptors (Lipinski definition) is 3. The maximum atomic E-state index is 2.69. The summed E-state index contributed by atoms with van der Waals surface area (Å²) in [5, 5.41) is 0. The van der Waals surface area contributed by atoms with Crippen molar-refractivity contribution in [3.63, 3.8) is 0 Å². The first-order valence-electron chi connectivity index (χ1n) is 7.39. The molecule has 2 aliphatic heterocycles. The van der Waals surface area contributed by atoms with Gasteiger partial charge in [-0.25, -0.2) is 0 Å². The van der Waals surface area contributed by atoms with Gasteiger partial charge in [-0.05, 0) is 50.3 Å². The number of rotatable bonds is 3. The second-order valence-corrected chi connectivity index (χ2v) is 6.68. The third kappa shape index (κ3) is 2.83. The highest BCUT2D eigenvalue weighted by atomic mass is 32.2. The average molecular weight is 276 g/mol. The summed E-state index contributed by atoms with van der Waals surface area (Å²) in [5.74, 6) is 0. The molecule has 3 heteroatoms. The molecule has 1 aromatic rings. The van der Waals surface area contributed by atoms with Crippen molar-refractivity contribution in [1.82, 2.24) is 9.80 Å². The van der Waals surface area contributed by atoms with E-state index in [1.807, 2.05) is 11.8 Å². The molecule has 0 aromatic heterocycles. The second-order valence-electron chi connectivity index (χ2n) is 5.80. The Bertz CT molecular complexity index is 417. The van der Waals surface area contributed by atoms with Crippen LogP contribution in [-0.4, -0.2) is 47.8 Å². The third-order valence-electron chi connectivity index (χ3n) is 4.77. The lowest BCUT2D eigenvalue weighted by Gasteiger charge is -2.43. The molecule has 2 fully saturated rings. The standard InChI is InChI=1S/C16H24N2S/c1-13-16-4-3-9-17(16)10-11-18(13)12-14-5-7-15(19-2)8-6-14/h5-8,13,16H,3-4,9-12H2,1-2H3/t13-,16-/m1/s1. The normalized spacial score (nSPS) is 28.5. The molecule has 3 rings (SSSR count). The van der Waals surface area contributed by atoms with E-state index >= 15 is 0 Å². The van der Waals surface area contributed by atoms with Gasteiger partial charge in [0, 0.05) is 36.6 Å². The monoisotopic (exact) mass is 276 g/mol. The molecule has 0 spiro atoms. The summed E-state index contributed by atoms with van der Waals surface area (Å²) < 4.78 is 0. The van der Waals surface area contributed by atoms with Crippen molar-refractivity contribution in [3.8, 4) is 0 Å². The number of thioether (sulfide) groups is 1. The highest BCUT2D eigenvalue weighted by Crippen LogP contribution is 2.27. The minimum atomic E-state index is 0.705. The van der Waals surface area contributed by atoms with Gasteiger partial charge in [-0.3, -0.25) is 9.80 Å². The summed E-state index contributed by atoms with van der Waals surface area (Å²) in [4.78, 5) is 6.72. The van der Waals surface area contributed by atoms with Gasteiger partial charge in [-0.2, -0.15) is 0 Å².